The van der Waals surface area contributed by atoms with Crippen molar-refractivity contribution in [3.05, 3.63) is 6.17 Å². The first kappa shape index (κ1) is 23.8. The average Bonchev–Trinajstić information content (AvgIpc) is 1.82. The van der Waals surface area contributed by atoms with Crippen molar-refractivity contribution < 1.29 is 41.7 Å². The van der Waals surface area contributed by atoms with E-state index in [-0.39, 0.29) is 27.8 Å². The molecule has 0 aliphatic carbocycles. The van der Waals surface area contributed by atoms with Crippen LogP contribution in [0.5, 0.6) is 0 Å². The van der Waals surface area contributed by atoms with Gasteiger partial charge in [0.15, 0.2) is 0 Å². The smallest absolute Gasteiger partial charge is 1.00 e. The summed E-state index contributed by atoms with van der Waals surface area (Å²) in [6, 6.07) is 0. The zero-order chi connectivity index (χ0) is 10.4. The van der Waals surface area contributed by atoms with Crippen molar-refractivity contribution in [3.8, 4) is 0 Å². The Kier molecular flexibility index (Phi) is 19.4. The summed E-state index contributed by atoms with van der Waals surface area (Å²) in [6.45, 7) is -2.08. The summed E-state index contributed by atoms with van der Waals surface area (Å²) in [5, 5.41) is 21.5. The minimum absolute atomic E-state index is 0. The van der Waals surface area contributed by atoms with E-state index in [1.165, 1.54) is 0 Å². The van der Waals surface area contributed by atoms with Gasteiger partial charge in [-0.05, 0) is 6.17 Å². The van der Waals surface area contributed by atoms with Crippen LogP contribution in [0.3, 0.4) is 0 Å². The molecule has 82 valence electrons. The number of halogens is 6. The van der Waals surface area contributed by atoms with Crippen LogP contribution >= 0.6 is 0 Å². The second-order valence-electron chi connectivity index (χ2n) is 1.38. The fraction of sp³-hybridized carbons (Fsp3) is 0.667. The fourth-order valence-corrected chi connectivity index (χ4v) is 0.0758. The molecule has 0 fully saturated rings. The van der Waals surface area contributed by atoms with E-state index in [1.807, 2.05) is 0 Å². The summed E-state index contributed by atoms with van der Waals surface area (Å²) in [5.41, 5.74) is 0. The average molecular weight is 238 g/mol. The van der Waals surface area contributed by atoms with E-state index in [1.54, 1.807) is 0 Å². The van der Waals surface area contributed by atoms with Crippen molar-refractivity contribution in [1.29, 1.82) is 0 Å². The molecule has 0 aliphatic heterocycles. The van der Waals surface area contributed by atoms with Gasteiger partial charge in [-0.2, -0.15) is 0 Å². The largest absolute Gasteiger partial charge is 2.00 e. The Bertz CT molecular complexity index is 110. The van der Waals surface area contributed by atoms with Gasteiger partial charge in [0.2, 0.25) is 0 Å². The molecule has 0 rings (SSSR count). The van der Waals surface area contributed by atoms with Crippen LogP contribution in [0.4, 0.5) is 22.0 Å². The standard InChI is InChI=1S/C3H2F5.BH3O3.FH.Mg/c4-1-2(5)3(6,7)8;2-1(3)4;;/h1H2;2-4H;1H;/q-1;;;+2/p-1. The maximum absolute atomic E-state index is 11.1. The van der Waals surface area contributed by atoms with Crippen molar-refractivity contribution in [2.45, 2.75) is 6.18 Å². The molecule has 0 bridgehead atoms. The molecular formula is C3H5BF6MgO3. The Balaban J connectivity index is -0.0000000733. The predicted molar refractivity (Wildman–Crippen MR) is 34.5 cm³/mol. The van der Waals surface area contributed by atoms with E-state index >= 15 is 0 Å². The Labute approximate surface area is 91.6 Å². The molecule has 0 amide bonds. The molecule has 3 nitrogen and oxygen atoms in total. The van der Waals surface area contributed by atoms with Crippen molar-refractivity contribution >= 4 is 30.4 Å². The summed E-state index contributed by atoms with van der Waals surface area (Å²) in [4.78, 5) is 0. The maximum Gasteiger partial charge on any atom is 2.00 e. The van der Waals surface area contributed by atoms with E-state index < -0.39 is 26.3 Å². The first-order chi connectivity index (χ1) is 5.21. The minimum Gasteiger partial charge on any atom is -1.00 e. The van der Waals surface area contributed by atoms with Gasteiger partial charge in [-0.3, -0.25) is 4.39 Å². The van der Waals surface area contributed by atoms with Crippen molar-refractivity contribution in [1.82, 2.24) is 0 Å². The number of alkyl halides is 4. The molecule has 0 saturated heterocycles. The third-order valence-corrected chi connectivity index (χ3v) is 0.425. The molecule has 14 heavy (non-hydrogen) atoms. The van der Waals surface area contributed by atoms with Crippen LogP contribution < -0.4 is 4.70 Å². The topological polar surface area (TPSA) is 60.7 Å². The Hall–Kier alpha value is 0.291. The van der Waals surface area contributed by atoms with Crippen LogP contribution in [0.25, 0.3) is 0 Å². The molecule has 0 unspecified atom stereocenters. The van der Waals surface area contributed by atoms with Crippen molar-refractivity contribution in [3.63, 3.8) is 0 Å². The quantitative estimate of drug-likeness (QED) is 0.253. The normalized spacial score (nSPS) is 9.21. The summed E-state index contributed by atoms with van der Waals surface area (Å²) in [5.74, 6) is 0. The molecule has 0 aliphatic rings. The monoisotopic (exact) mass is 238 g/mol. The zero-order valence-corrected chi connectivity index (χ0v) is 8.02. The number of hydrogen-bond donors (Lipinski definition) is 3. The number of hydrogen-bond acceptors (Lipinski definition) is 3. The third kappa shape index (κ3) is 22.8. The number of rotatable bonds is 1. The van der Waals surface area contributed by atoms with Gasteiger partial charge >= 0.3 is 36.6 Å². The maximum atomic E-state index is 11.1. The Morgan fingerprint density at radius 2 is 1.36 bits per heavy atom. The molecule has 0 spiro atoms. The van der Waals surface area contributed by atoms with Gasteiger partial charge in [0, 0.05) is 6.67 Å². The first-order valence-corrected chi connectivity index (χ1v) is 2.40. The summed E-state index contributed by atoms with van der Waals surface area (Å²) in [7, 11) is -2.17. The fourth-order valence-electron chi connectivity index (χ4n) is 0.0758. The molecule has 0 saturated carbocycles. The van der Waals surface area contributed by atoms with Gasteiger partial charge in [-0.25, -0.2) is 13.2 Å². The van der Waals surface area contributed by atoms with E-state index in [0.717, 1.165) is 0 Å². The van der Waals surface area contributed by atoms with Gasteiger partial charge in [-0.15, -0.1) is 0 Å². The van der Waals surface area contributed by atoms with Gasteiger partial charge in [0.1, 0.15) is 0 Å². The van der Waals surface area contributed by atoms with Crippen molar-refractivity contribution in [2.75, 3.05) is 6.67 Å². The van der Waals surface area contributed by atoms with E-state index in [0.29, 0.717) is 0 Å². The molecule has 3 N–H and O–H groups in total. The second-order valence-corrected chi connectivity index (χ2v) is 1.38. The second kappa shape index (κ2) is 11.4. The first-order valence-electron chi connectivity index (χ1n) is 2.40. The van der Waals surface area contributed by atoms with E-state index in [2.05, 4.69) is 0 Å². The third-order valence-electron chi connectivity index (χ3n) is 0.425. The molecule has 0 radical (unpaired) electrons. The minimum atomic E-state index is -5.12. The SMILES string of the molecule is FC[C-](F)C(F)(F)F.OB(O)O.[F-].[Mg+2]. The van der Waals surface area contributed by atoms with Crippen LogP contribution in [0, 0.1) is 6.17 Å². The van der Waals surface area contributed by atoms with E-state index in [4.69, 9.17) is 15.1 Å². The molecule has 0 aromatic carbocycles. The van der Waals surface area contributed by atoms with Crippen LogP contribution in [-0.4, -0.2) is 58.3 Å². The summed E-state index contributed by atoms with van der Waals surface area (Å²) in [6.07, 6.45) is -7.70. The Morgan fingerprint density at radius 1 is 1.14 bits per heavy atom. The zero-order valence-electron chi connectivity index (χ0n) is 6.60. The van der Waals surface area contributed by atoms with Crippen molar-refractivity contribution in [2.24, 2.45) is 0 Å². The molecule has 11 heteroatoms. The molecule has 0 aromatic rings. The van der Waals surface area contributed by atoms with E-state index in [9.17, 15) is 22.0 Å². The summed E-state index contributed by atoms with van der Waals surface area (Å²) >= 11 is 0. The van der Waals surface area contributed by atoms with Crippen LogP contribution in [0.1, 0.15) is 0 Å². The van der Waals surface area contributed by atoms with Gasteiger partial charge < -0.3 is 24.2 Å². The van der Waals surface area contributed by atoms with Crippen LogP contribution in [0.15, 0.2) is 0 Å². The van der Waals surface area contributed by atoms with Gasteiger partial charge in [0.05, 0.1) is 0 Å². The molecule has 0 heterocycles. The Morgan fingerprint density at radius 3 is 1.36 bits per heavy atom. The predicted octanol–water partition coefficient (Wildman–Crippen LogP) is -3.41. The van der Waals surface area contributed by atoms with Crippen LogP contribution in [-0.2, 0) is 0 Å². The molecule has 0 aromatic heterocycles. The van der Waals surface area contributed by atoms with Crippen LogP contribution in [0.2, 0.25) is 0 Å². The van der Waals surface area contributed by atoms with Gasteiger partial charge in [-0.1, -0.05) is 0 Å². The molecular weight excluding hydrogens is 233 g/mol. The van der Waals surface area contributed by atoms with Gasteiger partial charge in [0.25, 0.3) is 0 Å². The molecule has 0 atom stereocenters. The summed E-state index contributed by atoms with van der Waals surface area (Å²) < 4.78 is 54.2.